The number of rotatable bonds is 5. The fraction of sp³-hybridized carbons (Fsp3) is 0.583. The molecule has 0 aliphatic carbocycles. The first kappa shape index (κ1) is 12.3. The Morgan fingerprint density at radius 3 is 2.73 bits per heavy atom. The van der Waals surface area contributed by atoms with Crippen molar-refractivity contribution in [3.05, 3.63) is 24.0 Å². The predicted octanol–water partition coefficient (Wildman–Crippen LogP) is 3.46. The van der Waals surface area contributed by atoms with Gasteiger partial charge in [0.25, 0.3) is 0 Å². The number of aryl methyl sites for hydroxylation is 1. The smallest absolute Gasteiger partial charge is 0.0425 e. The largest absolute Gasteiger partial charge is 0.381 e. The molecule has 0 amide bonds. The van der Waals surface area contributed by atoms with Crippen LogP contribution in [0.25, 0.3) is 0 Å². The minimum atomic E-state index is 0.341. The zero-order chi connectivity index (χ0) is 11.3. The van der Waals surface area contributed by atoms with Crippen molar-refractivity contribution < 1.29 is 0 Å². The topological polar surface area (TPSA) is 24.9 Å². The maximum Gasteiger partial charge on any atom is 0.0425 e. The van der Waals surface area contributed by atoms with E-state index in [-0.39, 0.29) is 0 Å². The van der Waals surface area contributed by atoms with Gasteiger partial charge in [0.2, 0.25) is 0 Å². The summed E-state index contributed by atoms with van der Waals surface area (Å²) >= 11 is 5.92. The van der Waals surface area contributed by atoms with Gasteiger partial charge in [0, 0.05) is 29.5 Å². The van der Waals surface area contributed by atoms with Gasteiger partial charge in [0.1, 0.15) is 0 Å². The molecule has 3 heteroatoms. The number of aromatic nitrogens is 1. The van der Waals surface area contributed by atoms with E-state index in [4.69, 9.17) is 11.6 Å². The highest BCUT2D eigenvalue weighted by Crippen LogP contribution is 2.14. The maximum atomic E-state index is 5.92. The van der Waals surface area contributed by atoms with Gasteiger partial charge in [-0.25, -0.2) is 0 Å². The lowest BCUT2D eigenvalue weighted by Crippen LogP contribution is -2.23. The van der Waals surface area contributed by atoms with Crippen molar-refractivity contribution in [2.24, 2.45) is 5.92 Å². The third-order valence-electron chi connectivity index (χ3n) is 2.21. The number of hydrogen-bond acceptors (Lipinski definition) is 2. The van der Waals surface area contributed by atoms with Crippen molar-refractivity contribution in [1.82, 2.24) is 4.98 Å². The second-order valence-electron chi connectivity index (χ2n) is 4.31. The molecule has 0 bridgehead atoms. The second kappa shape index (κ2) is 5.96. The molecule has 1 N–H and O–H groups in total. The lowest BCUT2D eigenvalue weighted by atomic mass is 10.1. The number of halogens is 1. The average molecular weight is 227 g/mol. The van der Waals surface area contributed by atoms with Gasteiger partial charge < -0.3 is 5.32 Å². The molecule has 1 unspecified atom stereocenters. The summed E-state index contributed by atoms with van der Waals surface area (Å²) in [5.74, 6) is 1.30. The van der Waals surface area contributed by atoms with Crippen molar-refractivity contribution >= 4 is 17.3 Å². The lowest BCUT2D eigenvalue weighted by molar-refractivity contribution is 0.542. The van der Waals surface area contributed by atoms with E-state index in [2.05, 4.69) is 24.1 Å². The molecule has 0 saturated heterocycles. The van der Waals surface area contributed by atoms with Crippen LogP contribution < -0.4 is 5.32 Å². The van der Waals surface area contributed by atoms with Crippen LogP contribution in [0.4, 0.5) is 5.69 Å². The Morgan fingerprint density at radius 1 is 1.47 bits per heavy atom. The van der Waals surface area contributed by atoms with Crippen LogP contribution in [0, 0.1) is 12.8 Å². The minimum Gasteiger partial charge on any atom is -0.381 e. The summed E-state index contributed by atoms with van der Waals surface area (Å²) in [7, 11) is 0. The van der Waals surface area contributed by atoms with Gasteiger partial charge >= 0.3 is 0 Å². The molecule has 84 valence electrons. The molecule has 0 aliphatic rings. The summed E-state index contributed by atoms with van der Waals surface area (Å²) in [6.07, 6.45) is 2.91. The number of nitrogens with one attached hydrogen (secondary N) is 1. The molecule has 1 aromatic heterocycles. The van der Waals surface area contributed by atoms with Crippen molar-refractivity contribution in [3.63, 3.8) is 0 Å². The zero-order valence-electron chi connectivity index (χ0n) is 9.63. The molecule has 0 fully saturated rings. The van der Waals surface area contributed by atoms with Crippen LogP contribution in [-0.4, -0.2) is 16.9 Å². The first-order valence-electron chi connectivity index (χ1n) is 5.37. The molecule has 0 radical (unpaired) electrons. The first-order valence-corrected chi connectivity index (χ1v) is 5.90. The van der Waals surface area contributed by atoms with E-state index >= 15 is 0 Å². The number of pyridine rings is 1. The van der Waals surface area contributed by atoms with Crippen LogP contribution >= 0.6 is 11.6 Å². The Hall–Kier alpha value is -0.760. The number of alkyl halides is 1. The molecule has 0 aromatic carbocycles. The van der Waals surface area contributed by atoms with Gasteiger partial charge in [-0.1, -0.05) is 13.8 Å². The standard InChI is InChI=1S/C12H19ClN2/c1-9(2)6-12(8-13)15-11-4-5-14-10(3)7-11/h4-5,7,9,12H,6,8H2,1-3H3,(H,14,15). The number of nitrogens with zero attached hydrogens (tertiary/aromatic N) is 1. The van der Waals surface area contributed by atoms with Crippen molar-refractivity contribution in [1.29, 1.82) is 0 Å². The molecule has 0 saturated carbocycles. The van der Waals surface area contributed by atoms with Gasteiger partial charge in [-0.2, -0.15) is 0 Å². The molecule has 1 rings (SSSR count). The van der Waals surface area contributed by atoms with Gasteiger partial charge in [-0.15, -0.1) is 11.6 Å². The SMILES string of the molecule is Cc1cc(NC(CCl)CC(C)C)ccn1. The quantitative estimate of drug-likeness (QED) is 0.778. The minimum absolute atomic E-state index is 0.341. The monoisotopic (exact) mass is 226 g/mol. The summed E-state index contributed by atoms with van der Waals surface area (Å²) in [5.41, 5.74) is 2.13. The predicted molar refractivity (Wildman–Crippen MR) is 66.6 cm³/mol. The van der Waals surface area contributed by atoms with Crippen molar-refractivity contribution in [2.45, 2.75) is 33.2 Å². The van der Waals surface area contributed by atoms with Crippen LogP contribution in [0.5, 0.6) is 0 Å². The molecule has 15 heavy (non-hydrogen) atoms. The maximum absolute atomic E-state index is 5.92. The highest BCUT2D eigenvalue weighted by atomic mass is 35.5. The first-order chi connectivity index (χ1) is 7.11. The third kappa shape index (κ3) is 4.52. The summed E-state index contributed by atoms with van der Waals surface area (Å²) < 4.78 is 0. The number of anilines is 1. The molecule has 2 nitrogen and oxygen atoms in total. The van der Waals surface area contributed by atoms with Crippen LogP contribution in [0.2, 0.25) is 0 Å². The fourth-order valence-electron chi connectivity index (χ4n) is 1.60. The summed E-state index contributed by atoms with van der Waals surface area (Å²) in [6.45, 7) is 6.40. The molecule has 1 atom stereocenters. The fourth-order valence-corrected chi connectivity index (χ4v) is 1.80. The van der Waals surface area contributed by atoms with Crippen LogP contribution in [-0.2, 0) is 0 Å². The summed E-state index contributed by atoms with van der Waals surface area (Å²) in [5, 5.41) is 3.43. The molecule has 1 heterocycles. The van der Waals surface area contributed by atoms with Crippen molar-refractivity contribution in [3.8, 4) is 0 Å². The van der Waals surface area contributed by atoms with E-state index in [9.17, 15) is 0 Å². The van der Waals surface area contributed by atoms with E-state index in [1.807, 2.05) is 25.3 Å². The molecule has 0 aliphatic heterocycles. The second-order valence-corrected chi connectivity index (χ2v) is 4.62. The Kier molecular flexibility index (Phi) is 4.89. The van der Waals surface area contributed by atoms with Crippen LogP contribution in [0.3, 0.4) is 0 Å². The summed E-state index contributed by atoms with van der Waals surface area (Å²) in [6, 6.07) is 4.36. The normalized spacial score (nSPS) is 12.9. The highest BCUT2D eigenvalue weighted by Gasteiger charge is 2.09. The Morgan fingerprint density at radius 2 is 2.20 bits per heavy atom. The molecule has 0 spiro atoms. The van der Waals surface area contributed by atoms with Gasteiger partial charge in [0.05, 0.1) is 0 Å². The van der Waals surface area contributed by atoms with E-state index < -0.39 is 0 Å². The van der Waals surface area contributed by atoms with Gasteiger partial charge in [0.15, 0.2) is 0 Å². The molecular formula is C12H19ClN2. The average Bonchev–Trinajstić information content (AvgIpc) is 2.16. The molecule has 1 aromatic rings. The van der Waals surface area contributed by atoms with E-state index in [1.54, 1.807) is 0 Å². The molecular weight excluding hydrogens is 208 g/mol. The van der Waals surface area contributed by atoms with E-state index in [0.717, 1.165) is 17.8 Å². The van der Waals surface area contributed by atoms with E-state index in [0.29, 0.717) is 17.8 Å². The number of hydrogen-bond donors (Lipinski definition) is 1. The van der Waals surface area contributed by atoms with Crippen LogP contribution in [0.1, 0.15) is 26.0 Å². The third-order valence-corrected chi connectivity index (χ3v) is 2.58. The Bertz CT molecular complexity index is 299. The summed E-state index contributed by atoms with van der Waals surface area (Å²) in [4.78, 5) is 4.16. The Balaban J connectivity index is 2.58. The zero-order valence-corrected chi connectivity index (χ0v) is 10.4. The highest BCUT2D eigenvalue weighted by molar-refractivity contribution is 6.18. The van der Waals surface area contributed by atoms with Gasteiger partial charge in [-0.05, 0) is 31.4 Å². The Labute approximate surface area is 97.1 Å². The van der Waals surface area contributed by atoms with Gasteiger partial charge in [-0.3, -0.25) is 4.98 Å². The van der Waals surface area contributed by atoms with Crippen molar-refractivity contribution in [2.75, 3.05) is 11.2 Å². The van der Waals surface area contributed by atoms with Crippen LogP contribution in [0.15, 0.2) is 18.3 Å². The van der Waals surface area contributed by atoms with E-state index in [1.165, 1.54) is 0 Å². The lowest BCUT2D eigenvalue weighted by Gasteiger charge is -2.19.